The molecule has 0 aliphatic rings. The average molecular weight is 262 g/mol. The molecule has 1 atom stereocenters. The Hall–Kier alpha value is -1.17. The van der Waals surface area contributed by atoms with Crippen molar-refractivity contribution in [1.82, 2.24) is 0 Å². The summed E-state index contributed by atoms with van der Waals surface area (Å²) < 4.78 is 18.4. The van der Waals surface area contributed by atoms with Crippen molar-refractivity contribution in [3.63, 3.8) is 0 Å². The SMILES string of the molecule is COCc1c(F)cc(C(N)CC(=O)O)cc1Cl. The smallest absolute Gasteiger partial charge is 0.305 e. The minimum absolute atomic E-state index is 0.0547. The molecule has 3 N–H and O–H groups in total. The van der Waals surface area contributed by atoms with Gasteiger partial charge in [-0.2, -0.15) is 0 Å². The van der Waals surface area contributed by atoms with Gasteiger partial charge in [-0.25, -0.2) is 4.39 Å². The molecule has 0 spiro atoms. The van der Waals surface area contributed by atoms with Crippen molar-refractivity contribution in [2.75, 3.05) is 7.11 Å². The van der Waals surface area contributed by atoms with Gasteiger partial charge in [-0.05, 0) is 17.7 Å². The minimum atomic E-state index is -1.05. The summed E-state index contributed by atoms with van der Waals surface area (Å²) in [5, 5.41) is 8.78. The van der Waals surface area contributed by atoms with Gasteiger partial charge in [0.2, 0.25) is 0 Å². The molecule has 0 heterocycles. The third kappa shape index (κ3) is 3.66. The van der Waals surface area contributed by atoms with Crippen LogP contribution in [0.4, 0.5) is 4.39 Å². The fourth-order valence-electron chi connectivity index (χ4n) is 1.42. The maximum Gasteiger partial charge on any atom is 0.305 e. The van der Waals surface area contributed by atoms with Crippen LogP contribution < -0.4 is 5.73 Å². The van der Waals surface area contributed by atoms with Crippen LogP contribution in [-0.4, -0.2) is 18.2 Å². The highest BCUT2D eigenvalue weighted by Gasteiger charge is 2.15. The van der Waals surface area contributed by atoms with E-state index in [9.17, 15) is 9.18 Å². The largest absolute Gasteiger partial charge is 0.481 e. The Bertz CT molecular complexity index is 402. The van der Waals surface area contributed by atoms with E-state index in [0.717, 1.165) is 0 Å². The summed E-state index contributed by atoms with van der Waals surface area (Å²) in [6.45, 7) is 0.0547. The molecule has 0 aromatic heterocycles. The van der Waals surface area contributed by atoms with E-state index in [4.69, 9.17) is 27.2 Å². The molecule has 4 nitrogen and oxygen atoms in total. The van der Waals surface area contributed by atoms with Crippen LogP contribution in [-0.2, 0) is 16.1 Å². The van der Waals surface area contributed by atoms with Crippen LogP contribution in [0.3, 0.4) is 0 Å². The number of halogens is 2. The summed E-state index contributed by atoms with van der Waals surface area (Å²) in [6, 6.07) is 1.87. The first-order chi connectivity index (χ1) is 7.95. The summed E-state index contributed by atoms with van der Waals surface area (Å²) >= 11 is 5.87. The Morgan fingerprint density at radius 2 is 2.29 bits per heavy atom. The lowest BCUT2D eigenvalue weighted by Crippen LogP contribution is -2.15. The standard InChI is InChI=1S/C11H13ClFNO3/c1-17-5-7-8(12)2-6(3-9(7)13)10(14)4-11(15)16/h2-3,10H,4-5,14H2,1H3,(H,15,16). The van der Waals surface area contributed by atoms with Gasteiger partial charge in [0.05, 0.1) is 13.0 Å². The number of hydrogen-bond acceptors (Lipinski definition) is 3. The fourth-order valence-corrected chi connectivity index (χ4v) is 1.70. The molecule has 0 aliphatic carbocycles. The quantitative estimate of drug-likeness (QED) is 0.851. The zero-order valence-corrected chi connectivity index (χ0v) is 10.00. The van der Waals surface area contributed by atoms with Crippen LogP contribution in [0.15, 0.2) is 12.1 Å². The van der Waals surface area contributed by atoms with Gasteiger partial charge in [0.25, 0.3) is 0 Å². The third-order valence-electron chi connectivity index (χ3n) is 2.27. The molecule has 1 rings (SSSR count). The van der Waals surface area contributed by atoms with Gasteiger partial charge in [0, 0.05) is 23.7 Å². The van der Waals surface area contributed by atoms with Crippen LogP contribution >= 0.6 is 11.6 Å². The Morgan fingerprint density at radius 1 is 1.65 bits per heavy atom. The van der Waals surface area contributed by atoms with E-state index in [1.807, 2.05) is 0 Å². The van der Waals surface area contributed by atoms with Crippen LogP contribution in [0.2, 0.25) is 5.02 Å². The topological polar surface area (TPSA) is 72.5 Å². The Morgan fingerprint density at radius 3 is 2.76 bits per heavy atom. The summed E-state index contributed by atoms with van der Waals surface area (Å²) in [5.74, 6) is -1.59. The van der Waals surface area contributed by atoms with Crippen LogP contribution in [0.5, 0.6) is 0 Å². The van der Waals surface area contributed by atoms with Gasteiger partial charge >= 0.3 is 5.97 Å². The first-order valence-electron chi connectivity index (χ1n) is 4.89. The highest BCUT2D eigenvalue weighted by molar-refractivity contribution is 6.31. The second-order valence-corrected chi connectivity index (χ2v) is 4.01. The summed E-state index contributed by atoms with van der Waals surface area (Å²) in [6.07, 6.45) is -0.278. The molecule has 0 aliphatic heterocycles. The Kier molecular flexibility index (Phi) is 4.86. The van der Waals surface area contributed by atoms with E-state index < -0.39 is 17.8 Å². The highest BCUT2D eigenvalue weighted by atomic mass is 35.5. The number of benzene rings is 1. The molecule has 1 aromatic carbocycles. The normalized spacial score (nSPS) is 12.5. The number of carbonyl (C=O) groups is 1. The van der Waals surface area contributed by atoms with Gasteiger partial charge < -0.3 is 15.6 Å². The molecule has 0 saturated heterocycles. The minimum Gasteiger partial charge on any atom is -0.481 e. The fraction of sp³-hybridized carbons (Fsp3) is 0.364. The highest BCUT2D eigenvalue weighted by Crippen LogP contribution is 2.26. The van der Waals surface area contributed by atoms with Gasteiger partial charge in [-0.15, -0.1) is 0 Å². The van der Waals surface area contributed by atoms with Crippen molar-refractivity contribution >= 4 is 17.6 Å². The van der Waals surface area contributed by atoms with Crippen LogP contribution in [0, 0.1) is 5.82 Å². The summed E-state index contributed by atoms with van der Waals surface area (Å²) in [5.41, 5.74) is 6.21. The van der Waals surface area contributed by atoms with Crippen molar-refractivity contribution in [2.24, 2.45) is 5.73 Å². The summed E-state index contributed by atoms with van der Waals surface area (Å²) in [7, 11) is 1.43. The van der Waals surface area contributed by atoms with Crippen molar-refractivity contribution in [1.29, 1.82) is 0 Å². The number of carboxylic acid groups (broad SMARTS) is 1. The third-order valence-corrected chi connectivity index (χ3v) is 2.61. The first-order valence-corrected chi connectivity index (χ1v) is 5.27. The molecule has 0 saturated carbocycles. The first kappa shape index (κ1) is 13.9. The molecule has 0 amide bonds. The van der Waals surface area contributed by atoms with Gasteiger partial charge in [-0.1, -0.05) is 11.6 Å². The lowest BCUT2D eigenvalue weighted by atomic mass is 10.0. The monoisotopic (exact) mass is 261 g/mol. The maximum atomic E-state index is 13.6. The zero-order valence-electron chi connectivity index (χ0n) is 9.24. The molecular formula is C11H13ClFNO3. The molecule has 17 heavy (non-hydrogen) atoms. The number of carboxylic acids is 1. The molecular weight excluding hydrogens is 249 g/mol. The average Bonchev–Trinajstić information content (AvgIpc) is 2.22. The number of rotatable bonds is 5. The molecule has 0 bridgehead atoms. The van der Waals surface area contributed by atoms with E-state index in [1.165, 1.54) is 19.2 Å². The summed E-state index contributed by atoms with van der Waals surface area (Å²) in [4.78, 5) is 10.5. The van der Waals surface area contributed by atoms with E-state index in [-0.39, 0.29) is 23.6 Å². The van der Waals surface area contributed by atoms with E-state index in [0.29, 0.717) is 5.56 Å². The molecule has 0 radical (unpaired) electrons. The van der Waals surface area contributed by atoms with Crippen molar-refractivity contribution in [3.05, 3.63) is 34.1 Å². The molecule has 94 valence electrons. The van der Waals surface area contributed by atoms with E-state index in [1.54, 1.807) is 0 Å². The lowest BCUT2D eigenvalue weighted by molar-refractivity contribution is -0.137. The Labute approximate surface area is 103 Å². The predicted octanol–water partition coefficient (Wildman–Crippen LogP) is 2.10. The maximum absolute atomic E-state index is 13.6. The van der Waals surface area contributed by atoms with Crippen LogP contribution in [0.25, 0.3) is 0 Å². The molecule has 1 unspecified atom stereocenters. The van der Waals surface area contributed by atoms with Gasteiger partial charge in [-0.3, -0.25) is 4.79 Å². The van der Waals surface area contributed by atoms with Gasteiger partial charge in [0.15, 0.2) is 0 Å². The number of methoxy groups -OCH3 is 1. The van der Waals surface area contributed by atoms with Crippen molar-refractivity contribution in [2.45, 2.75) is 19.1 Å². The van der Waals surface area contributed by atoms with E-state index in [2.05, 4.69) is 0 Å². The Balaban J connectivity index is 3.00. The number of nitrogens with two attached hydrogens (primary N) is 1. The number of aliphatic carboxylic acids is 1. The second kappa shape index (κ2) is 5.95. The zero-order chi connectivity index (χ0) is 13.0. The predicted molar refractivity (Wildman–Crippen MR) is 61.3 cm³/mol. The van der Waals surface area contributed by atoms with Crippen LogP contribution in [0.1, 0.15) is 23.6 Å². The van der Waals surface area contributed by atoms with Crippen molar-refractivity contribution < 1.29 is 19.0 Å². The number of hydrogen-bond donors (Lipinski definition) is 2. The number of ether oxygens (including phenoxy) is 1. The lowest BCUT2D eigenvalue weighted by Gasteiger charge is -2.12. The molecule has 6 heteroatoms. The van der Waals surface area contributed by atoms with Gasteiger partial charge in [0.1, 0.15) is 5.82 Å². The van der Waals surface area contributed by atoms with E-state index >= 15 is 0 Å². The molecule has 1 aromatic rings. The second-order valence-electron chi connectivity index (χ2n) is 3.60. The van der Waals surface area contributed by atoms with Crippen molar-refractivity contribution in [3.8, 4) is 0 Å². The molecule has 0 fully saturated rings.